The van der Waals surface area contributed by atoms with Crippen LogP contribution in [0, 0.1) is 0 Å². The summed E-state index contributed by atoms with van der Waals surface area (Å²) in [6.07, 6.45) is 3.74. The van der Waals surface area contributed by atoms with Crippen LogP contribution in [0.4, 0.5) is 0 Å². The molecule has 0 spiro atoms. The van der Waals surface area contributed by atoms with Gasteiger partial charge in [-0.15, -0.1) is 0 Å². The molecule has 1 aliphatic rings. The van der Waals surface area contributed by atoms with E-state index in [4.69, 9.17) is 4.74 Å². The molecule has 1 saturated heterocycles. The summed E-state index contributed by atoms with van der Waals surface area (Å²) < 4.78 is 5.28. The van der Waals surface area contributed by atoms with Gasteiger partial charge in [0.15, 0.2) is 6.29 Å². The summed E-state index contributed by atoms with van der Waals surface area (Å²) in [5, 5.41) is 0. The molecule has 15 heavy (non-hydrogen) atoms. The van der Waals surface area contributed by atoms with Crippen molar-refractivity contribution in [1.82, 2.24) is 9.88 Å². The van der Waals surface area contributed by atoms with E-state index in [1.165, 1.54) is 5.56 Å². The number of morpholine rings is 1. The first kappa shape index (κ1) is 10.4. The van der Waals surface area contributed by atoms with E-state index in [1.807, 2.05) is 12.3 Å². The Morgan fingerprint density at radius 2 is 2.27 bits per heavy atom. The number of ether oxygens (including phenoxy) is 1. The van der Waals surface area contributed by atoms with Gasteiger partial charge in [-0.3, -0.25) is 9.69 Å². The molecule has 0 bridgehead atoms. The highest BCUT2D eigenvalue weighted by atomic mass is 16.5. The van der Waals surface area contributed by atoms with Crippen LogP contribution in [-0.2, 0) is 11.2 Å². The summed E-state index contributed by atoms with van der Waals surface area (Å²) in [7, 11) is 0. The van der Waals surface area contributed by atoms with E-state index in [9.17, 15) is 4.79 Å². The smallest absolute Gasteiger partial charge is 0.166 e. The maximum atomic E-state index is 10.5. The van der Waals surface area contributed by atoms with Gasteiger partial charge >= 0.3 is 0 Å². The number of nitrogens with one attached hydrogen (secondary N) is 1. The third-order valence-electron chi connectivity index (χ3n) is 2.71. The quantitative estimate of drug-likeness (QED) is 0.741. The zero-order valence-corrected chi connectivity index (χ0v) is 8.74. The first-order valence-electron chi connectivity index (χ1n) is 5.31. The van der Waals surface area contributed by atoms with E-state index in [-0.39, 0.29) is 0 Å². The minimum Gasteiger partial charge on any atom is -0.379 e. The SMILES string of the molecule is O=Cc1cc(CCN2CCOCC2)c[nH]1. The van der Waals surface area contributed by atoms with Gasteiger partial charge in [-0.2, -0.15) is 0 Å². The maximum Gasteiger partial charge on any atom is 0.166 e. The van der Waals surface area contributed by atoms with Crippen molar-refractivity contribution in [3.63, 3.8) is 0 Å². The van der Waals surface area contributed by atoms with Crippen LogP contribution in [0.15, 0.2) is 12.3 Å². The molecule has 0 aliphatic carbocycles. The van der Waals surface area contributed by atoms with Gasteiger partial charge in [0.2, 0.25) is 0 Å². The van der Waals surface area contributed by atoms with E-state index >= 15 is 0 Å². The Morgan fingerprint density at radius 3 is 2.93 bits per heavy atom. The standard InChI is InChI=1S/C11H16N2O2/c14-9-11-7-10(8-12-11)1-2-13-3-5-15-6-4-13/h7-9,12H,1-6H2. The van der Waals surface area contributed by atoms with Gasteiger partial charge in [0.1, 0.15) is 0 Å². The van der Waals surface area contributed by atoms with Crippen LogP contribution in [0.3, 0.4) is 0 Å². The Balaban J connectivity index is 1.79. The predicted octanol–water partition coefficient (Wildman–Crippen LogP) is 0.702. The fourth-order valence-corrected chi connectivity index (χ4v) is 1.78. The molecule has 0 atom stereocenters. The summed E-state index contributed by atoms with van der Waals surface area (Å²) in [5.41, 5.74) is 1.86. The van der Waals surface area contributed by atoms with Crippen LogP contribution in [-0.4, -0.2) is 49.0 Å². The van der Waals surface area contributed by atoms with Crippen LogP contribution < -0.4 is 0 Å². The number of hydrogen-bond donors (Lipinski definition) is 1. The van der Waals surface area contributed by atoms with Crippen LogP contribution >= 0.6 is 0 Å². The molecule has 4 heteroatoms. The topological polar surface area (TPSA) is 45.3 Å². The van der Waals surface area contributed by atoms with Gasteiger partial charge in [-0.05, 0) is 18.1 Å². The lowest BCUT2D eigenvalue weighted by Gasteiger charge is -2.26. The molecule has 0 radical (unpaired) electrons. The molecule has 1 N–H and O–H groups in total. The third kappa shape index (κ3) is 2.91. The van der Waals surface area contributed by atoms with Crippen molar-refractivity contribution in [3.8, 4) is 0 Å². The molecule has 2 rings (SSSR count). The molecule has 0 unspecified atom stereocenters. The monoisotopic (exact) mass is 208 g/mol. The minimum atomic E-state index is 0.659. The number of aromatic amines is 1. The minimum absolute atomic E-state index is 0.659. The molecule has 1 aliphatic heterocycles. The average Bonchev–Trinajstić information content (AvgIpc) is 2.76. The highest BCUT2D eigenvalue weighted by Gasteiger charge is 2.10. The van der Waals surface area contributed by atoms with E-state index in [2.05, 4.69) is 9.88 Å². The van der Waals surface area contributed by atoms with Crippen LogP contribution in [0.1, 0.15) is 16.1 Å². The highest BCUT2D eigenvalue weighted by Crippen LogP contribution is 2.05. The second kappa shape index (κ2) is 5.09. The number of hydrogen-bond acceptors (Lipinski definition) is 3. The highest BCUT2D eigenvalue weighted by molar-refractivity contribution is 5.72. The summed E-state index contributed by atoms with van der Waals surface area (Å²) in [6.45, 7) is 4.76. The van der Waals surface area contributed by atoms with Crippen LogP contribution in [0.5, 0.6) is 0 Å². The number of nitrogens with zero attached hydrogens (tertiary/aromatic N) is 1. The number of H-pyrrole nitrogens is 1. The van der Waals surface area contributed by atoms with Crippen molar-refractivity contribution < 1.29 is 9.53 Å². The van der Waals surface area contributed by atoms with Gasteiger partial charge in [-0.25, -0.2) is 0 Å². The summed E-state index contributed by atoms with van der Waals surface area (Å²) >= 11 is 0. The summed E-state index contributed by atoms with van der Waals surface area (Å²) in [6, 6.07) is 1.91. The lowest BCUT2D eigenvalue weighted by Crippen LogP contribution is -2.37. The van der Waals surface area contributed by atoms with Gasteiger partial charge < -0.3 is 9.72 Å². The van der Waals surface area contributed by atoms with Crippen LogP contribution in [0.2, 0.25) is 0 Å². The van der Waals surface area contributed by atoms with E-state index in [0.29, 0.717) is 5.69 Å². The lowest BCUT2D eigenvalue weighted by molar-refractivity contribution is 0.0384. The fraction of sp³-hybridized carbons (Fsp3) is 0.545. The zero-order valence-electron chi connectivity index (χ0n) is 8.74. The van der Waals surface area contributed by atoms with Gasteiger partial charge in [0, 0.05) is 25.8 Å². The number of aromatic nitrogens is 1. The van der Waals surface area contributed by atoms with Crippen molar-refractivity contribution in [1.29, 1.82) is 0 Å². The fourth-order valence-electron chi connectivity index (χ4n) is 1.78. The van der Waals surface area contributed by atoms with Crippen molar-refractivity contribution in [2.45, 2.75) is 6.42 Å². The molecule has 1 aromatic heterocycles. The van der Waals surface area contributed by atoms with E-state index < -0.39 is 0 Å². The molecule has 4 nitrogen and oxygen atoms in total. The Kier molecular flexibility index (Phi) is 3.53. The third-order valence-corrected chi connectivity index (χ3v) is 2.71. The number of carbonyl (C=O) groups excluding carboxylic acids is 1. The van der Waals surface area contributed by atoms with Crippen molar-refractivity contribution in [3.05, 3.63) is 23.5 Å². The predicted molar refractivity (Wildman–Crippen MR) is 57.1 cm³/mol. The first-order valence-corrected chi connectivity index (χ1v) is 5.31. The Labute approximate surface area is 89.2 Å². The largest absolute Gasteiger partial charge is 0.379 e. The molecule has 0 amide bonds. The Hall–Kier alpha value is -1.13. The second-order valence-corrected chi connectivity index (χ2v) is 3.79. The van der Waals surface area contributed by atoms with Crippen molar-refractivity contribution in [2.24, 2.45) is 0 Å². The van der Waals surface area contributed by atoms with Gasteiger partial charge in [-0.1, -0.05) is 0 Å². The van der Waals surface area contributed by atoms with E-state index in [0.717, 1.165) is 45.6 Å². The molecule has 82 valence electrons. The Morgan fingerprint density at radius 1 is 1.47 bits per heavy atom. The second-order valence-electron chi connectivity index (χ2n) is 3.79. The average molecular weight is 208 g/mol. The summed E-state index contributed by atoms with van der Waals surface area (Å²) in [4.78, 5) is 15.8. The van der Waals surface area contributed by atoms with Crippen LogP contribution in [0.25, 0.3) is 0 Å². The molecule has 1 aromatic rings. The van der Waals surface area contributed by atoms with E-state index in [1.54, 1.807) is 0 Å². The first-order chi connectivity index (χ1) is 7.38. The molecule has 0 saturated carbocycles. The maximum absolute atomic E-state index is 10.5. The molecule has 0 aromatic carbocycles. The number of aldehydes is 1. The summed E-state index contributed by atoms with van der Waals surface area (Å²) in [5.74, 6) is 0. The number of rotatable bonds is 4. The normalized spacial score (nSPS) is 17.9. The van der Waals surface area contributed by atoms with Crippen molar-refractivity contribution in [2.75, 3.05) is 32.8 Å². The van der Waals surface area contributed by atoms with Crippen molar-refractivity contribution >= 4 is 6.29 Å². The molecule has 1 fully saturated rings. The Bertz CT molecular complexity index is 316. The lowest BCUT2D eigenvalue weighted by atomic mass is 10.2. The molecule has 2 heterocycles. The molecular formula is C11H16N2O2. The van der Waals surface area contributed by atoms with Gasteiger partial charge in [0.25, 0.3) is 0 Å². The van der Waals surface area contributed by atoms with Gasteiger partial charge in [0.05, 0.1) is 18.9 Å². The number of carbonyl (C=O) groups is 1. The zero-order chi connectivity index (χ0) is 10.5. The molecular weight excluding hydrogens is 192 g/mol.